The van der Waals surface area contributed by atoms with Gasteiger partial charge in [0.25, 0.3) is 0 Å². The molecule has 0 bridgehead atoms. The van der Waals surface area contributed by atoms with Gasteiger partial charge < -0.3 is 19.6 Å². The molecule has 0 radical (unpaired) electrons. The third-order valence-electron chi connectivity index (χ3n) is 2.54. The minimum absolute atomic E-state index is 0.0795. The molecule has 0 fully saturated rings. The second kappa shape index (κ2) is 5.43. The van der Waals surface area contributed by atoms with Crippen molar-refractivity contribution < 1.29 is 23.4 Å². The number of halogens is 1. The van der Waals surface area contributed by atoms with Gasteiger partial charge in [-0.3, -0.25) is 0 Å². The summed E-state index contributed by atoms with van der Waals surface area (Å²) in [6.45, 7) is 0.140. The van der Waals surface area contributed by atoms with E-state index in [1.165, 1.54) is 31.6 Å². The zero-order valence-electron chi connectivity index (χ0n) is 10.1. The van der Waals surface area contributed by atoms with E-state index in [0.29, 0.717) is 11.4 Å². The lowest BCUT2D eigenvalue weighted by Gasteiger charge is -2.07. The van der Waals surface area contributed by atoms with Crippen molar-refractivity contribution in [1.29, 1.82) is 0 Å². The molecule has 0 amide bonds. The van der Waals surface area contributed by atoms with Crippen LogP contribution in [0.15, 0.2) is 34.9 Å². The molecule has 0 aliphatic rings. The zero-order chi connectivity index (χ0) is 13.8. The first kappa shape index (κ1) is 12.9. The molecule has 2 N–H and O–H groups in total. The lowest BCUT2D eigenvalue weighted by atomic mass is 10.2. The van der Waals surface area contributed by atoms with Crippen LogP contribution < -0.4 is 10.1 Å². The van der Waals surface area contributed by atoms with Gasteiger partial charge in [0.05, 0.1) is 19.9 Å². The van der Waals surface area contributed by atoms with E-state index < -0.39 is 11.8 Å². The minimum atomic E-state index is -1.07. The Bertz CT molecular complexity index is 594. The Labute approximate surface area is 108 Å². The molecule has 100 valence electrons. The lowest BCUT2D eigenvalue weighted by Crippen LogP contribution is -2.05. The van der Waals surface area contributed by atoms with Crippen molar-refractivity contribution in [2.75, 3.05) is 12.4 Å². The van der Waals surface area contributed by atoms with Crippen LogP contribution in [0, 0.1) is 5.82 Å². The van der Waals surface area contributed by atoms with Crippen molar-refractivity contribution in [2.24, 2.45) is 0 Å². The van der Waals surface area contributed by atoms with E-state index in [-0.39, 0.29) is 17.9 Å². The minimum Gasteiger partial charge on any atom is -0.497 e. The Balaban J connectivity index is 2.12. The second-order valence-corrected chi connectivity index (χ2v) is 3.80. The van der Waals surface area contributed by atoms with E-state index in [9.17, 15) is 9.18 Å². The Hall–Kier alpha value is -2.50. The first-order valence-corrected chi connectivity index (χ1v) is 5.48. The molecule has 0 aliphatic heterocycles. The first-order chi connectivity index (χ1) is 9.10. The van der Waals surface area contributed by atoms with Crippen molar-refractivity contribution in [3.8, 4) is 5.75 Å². The van der Waals surface area contributed by atoms with Gasteiger partial charge in [0, 0.05) is 17.8 Å². The van der Waals surface area contributed by atoms with Crippen LogP contribution in [-0.4, -0.2) is 18.2 Å². The Morgan fingerprint density at radius 3 is 2.95 bits per heavy atom. The standard InChI is InChI=1S/C13H12FNO4/c1-18-10-5-8(14)4-9(6-10)15-7-12-11(13(16)17)2-3-19-12/h2-6,15H,7H2,1H3,(H,16,17). The highest BCUT2D eigenvalue weighted by molar-refractivity contribution is 5.88. The molecular formula is C13H12FNO4. The number of carboxylic acid groups (broad SMARTS) is 1. The number of ether oxygens (including phenoxy) is 1. The molecule has 1 aromatic heterocycles. The van der Waals surface area contributed by atoms with Crippen molar-refractivity contribution in [1.82, 2.24) is 0 Å². The molecule has 0 spiro atoms. The largest absolute Gasteiger partial charge is 0.497 e. The number of methoxy groups -OCH3 is 1. The van der Waals surface area contributed by atoms with E-state index in [2.05, 4.69) is 5.32 Å². The summed E-state index contributed by atoms with van der Waals surface area (Å²) in [6, 6.07) is 5.50. The van der Waals surface area contributed by atoms with Crippen LogP contribution >= 0.6 is 0 Å². The summed E-state index contributed by atoms with van der Waals surface area (Å²) < 4.78 is 23.3. The number of rotatable bonds is 5. The van der Waals surface area contributed by atoms with Crippen molar-refractivity contribution in [3.05, 3.63) is 47.7 Å². The Morgan fingerprint density at radius 2 is 2.26 bits per heavy atom. The topological polar surface area (TPSA) is 71.7 Å². The molecule has 0 aliphatic carbocycles. The highest BCUT2D eigenvalue weighted by Gasteiger charge is 2.13. The van der Waals surface area contributed by atoms with Crippen LogP contribution in [0.5, 0.6) is 5.75 Å². The van der Waals surface area contributed by atoms with E-state index in [0.717, 1.165) is 0 Å². The highest BCUT2D eigenvalue weighted by Crippen LogP contribution is 2.21. The fourth-order valence-corrected chi connectivity index (χ4v) is 1.63. The van der Waals surface area contributed by atoms with Crippen molar-refractivity contribution in [2.45, 2.75) is 6.54 Å². The molecule has 19 heavy (non-hydrogen) atoms. The van der Waals surface area contributed by atoms with Crippen LogP contribution in [0.4, 0.5) is 10.1 Å². The zero-order valence-corrected chi connectivity index (χ0v) is 10.1. The van der Waals surface area contributed by atoms with Crippen molar-refractivity contribution in [3.63, 3.8) is 0 Å². The summed E-state index contributed by atoms with van der Waals surface area (Å²) in [7, 11) is 1.44. The smallest absolute Gasteiger partial charge is 0.339 e. The molecule has 2 aromatic rings. The lowest BCUT2D eigenvalue weighted by molar-refractivity contribution is 0.0694. The average Bonchev–Trinajstić information content (AvgIpc) is 2.84. The third kappa shape index (κ3) is 3.04. The van der Waals surface area contributed by atoms with Crippen LogP contribution in [0.25, 0.3) is 0 Å². The third-order valence-corrected chi connectivity index (χ3v) is 2.54. The second-order valence-electron chi connectivity index (χ2n) is 3.80. The molecule has 0 saturated carbocycles. The molecule has 2 rings (SSSR count). The van der Waals surface area contributed by atoms with Gasteiger partial charge in [0.2, 0.25) is 0 Å². The van der Waals surface area contributed by atoms with E-state index in [4.69, 9.17) is 14.3 Å². The highest BCUT2D eigenvalue weighted by atomic mass is 19.1. The van der Waals surface area contributed by atoms with Crippen LogP contribution in [0.3, 0.4) is 0 Å². The average molecular weight is 265 g/mol. The van der Waals surface area contributed by atoms with Gasteiger partial charge in [-0.25, -0.2) is 9.18 Å². The Kier molecular flexibility index (Phi) is 3.70. The summed E-state index contributed by atoms with van der Waals surface area (Å²) in [5, 5.41) is 11.8. The monoisotopic (exact) mass is 265 g/mol. The molecular weight excluding hydrogens is 253 g/mol. The predicted molar refractivity (Wildman–Crippen MR) is 65.9 cm³/mol. The van der Waals surface area contributed by atoms with E-state index in [1.807, 2.05) is 0 Å². The number of nitrogens with one attached hydrogen (secondary N) is 1. The Morgan fingerprint density at radius 1 is 1.47 bits per heavy atom. The molecule has 1 heterocycles. The number of carbonyl (C=O) groups is 1. The van der Waals surface area contributed by atoms with E-state index in [1.54, 1.807) is 6.07 Å². The molecule has 0 saturated heterocycles. The van der Waals surface area contributed by atoms with Gasteiger partial charge in [0.1, 0.15) is 22.9 Å². The number of hydrogen-bond donors (Lipinski definition) is 2. The number of aromatic carboxylic acids is 1. The number of carboxylic acids is 1. The van der Waals surface area contributed by atoms with Gasteiger partial charge in [0.15, 0.2) is 0 Å². The van der Waals surface area contributed by atoms with Gasteiger partial charge in [-0.1, -0.05) is 0 Å². The van der Waals surface area contributed by atoms with Gasteiger partial charge >= 0.3 is 5.97 Å². The first-order valence-electron chi connectivity index (χ1n) is 5.48. The normalized spacial score (nSPS) is 10.2. The van der Waals surface area contributed by atoms with Crippen LogP contribution in [0.1, 0.15) is 16.1 Å². The summed E-state index contributed by atoms with van der Waals surface area (Å²) >= 11 is 0. The predicted octanol–water partition coefficient (Wildman–Crippen LogP) is 2.74. The number of furan rings is 1. The number of hydrogen-bond acceptors (Lipinski definition) is 4. The molecule has 5 nitrogen and oxygen atoms in total. The number of anilines is 1. The maximum absolute atomic E-state index is 13.3. The van der Waals surface area contributed by atoms with Gasteiger partial charge in [-0.15, -0.1) is 0 Å². The summed E-state index contributed by atoms with van der Waals surface area (Å²) in [6.07, 6.45) is 1.30. The molecule has 6 heteroatoms. The summed E-state index contributed by atoms with van der Waals surface area (Å²) in [4.78, 5) is 10.9. The molecule has 0 atom stereocenters. The quantitative estimate of drug-likeness (QED) is 0.869. The van der Waals surface area contributed by atoms with Crippen LogP contribution in [0.2, 0.25) is 0 Å². The summed E-state index contributed by atoms with van der Waals surface area (Å²) in [5.41, 5.74) is 0.556. The van der Waals surface area contributed by atoms with Crippen molar-refractivity contribution >= 4 is 11.7 Å². The van der Waals surface area contributed by atoms with Crippen LogP contribution in [-0.2, 0) is 6.54 Å². The maximum Gasteiger partial charge on any atom is 0.339 e. The fraction of sp³-hybridized carbons (Fsp3) is 0.154. The summed E-state index contributed by atoms with van der Waals surface area (Å²) in [5.74, 6) is -0.863. The molecule has 0 unspecified atom stereocenters. The maximum atomic E-state index is 13.3. The molecule has 1 aromatic carbocycles. The van der Waals surface area contributed by atoms with Gasteiger partial charge in [-0.2, -0.15) is 0 Å². The number of benzene rings is 1. The SMILES string of the molecule is COc1cc(F)cc(NCc2occc2C(=O)O)c1. The van der Waals surface area contributed by atoms with Gasteiger partial charge in [-0.05, 0) is 12.1 Å². The van der Waals surface area contributed by atoms with E-state index >= 15 is 0 Å². The fourth-order valence-electron chi connectivity index (χ4n) is 1.63.